The van der Waals surface area contributed by atoms with Crippen LogP contribution in [0, 0.1) is 5.92 Å². The molecule has 21 heavy (non-hydrogen) atoms. The SMILES string of the molecule is COc1ccc2c(c1)CC(NCC(=O)NCC(C)C)CC2. The Morgan fingerprint density at radius 1 is 1.38 bits per heavy atom. The number of rotatable bonds is 6. The molecule has 1 aromatic rings. The Kier molecular flexibility index (Phi) is 5.62. The topological polar surface area (TPSA) is 50.4 Å². The van der Waals surface area contributed by atoms with Crippen LogP contribution in [0.5, 0.6) is 5.75 Å². The van der Waals surface area contributed by atoms with Gasteiger partial charge in [-0.2, -0.15) is 0 Å². The van der Waals surface area contributed by atoms with Crippen LogP contribution in [0.2, 0.25) is 0 Å². The average molecular weight is 290 g/mol. The zero-order valence-electron chi connectivity index (χ0n) is 13.2. The van der Waals surface area contributed by atoms with Crippen LogP contribution in [0.3, 0.4) is 0 Å². The van der Waals surface area contributed by atoms with Crippen molar-refractivity contribution in [2.24, 2.45) is 5.92 Å². The van der Waals surface area contributed by atoms with Crippen LogP contribution >= 0.6 is 0 Å². The third-order valence-corrected chi connectivity index (χ3v) is 3.90. The highest BCUT2D eigenvalue weighted by molar-refractivity contribution is 5.78. The molecular weight excluding hydrogens is 264 g/mol. The highest BCUT2D eigenvalue weighted by atomic mass is 16.5. The first-order valence-electron chi connectivity index (χ1n) is 7.74. The highest BCUT2D eigenvalue weighted by Gasteiger charge is 2.19. The number of benzene rings is 1. The lowest BCUT2D eigenvalue weighted by Crippen LogP contribution is -2.42. The zero-order valence-corrected chi connectivity index (χ0v) is 13.2. The molecule has 4 heteroatoms. The first kappa shape index (κ1) is 15.8. The maximum absolute atomic E-state index is 11.7. The van der Waals surface area contributed by atoms with Gasteiger partial charge in [-0.25, -0.2) is 0 Å². The summed E-state index contributed by atoms with van der Waals surface area (Å²) in [5.41, 5.74) is 2.73. The van der Waals surface area contributed by atoms with E-state index >= 15 is 0 Å². The summed E-state index contributed by atoms with van der Waals surface area (Å²) in [4.78, 5) is 11.7. The molecule has 2 N–H and O–H groups in total. The monoisotopic (exact) mass is 290 g/mol. The lowest BCUT2D eigenvalue weighted by molar-refractivity contribution is -0.120. The number of amides is 1. The van der Waals surface area contributed by atoms with E-state index in [2.05, 4.69) is 36.6 Å². The number of nitrogens with one attached hydrogen (secondary N) is 2. The van der Waals surface area contributed by atoms with Crippen molar-refractivity contribution in [2.45, 2.75) is 39.2 Å². The van der Waals surface area contributed by atoms with Gasteiger partial charge in [0.25, 0.3) is 0 Å². The molecule has 0 heterocycles. The van der Waals surface area contributed by atoms with Gasteiger partial charge in [0, 0.05) is 12.6 Å². The normalized spacial score (nSPS) is 17.4. The first-order valence-corrected chi connectivity index (χ1v) is 7.74. The van der Waals surface area contributed by atoms with E-state index in [-0.39, 0.29) is 5.91 Å². The van der Waals surface area contributed by atoms with Crippen LogP contribution in [0.25, 0.3) is 0 Å². The van der Waals surface area contributed by atoms with Gasteiger partial charge in [-0.3, -0.25) is 4.79 Å². The molecule has 1 amide bonds. The number of hydrogen-bond donors (Lipinski definition) is 2. The summed E-state index contributed by atoms with van der Waals surface area (Å²) in [6.45, 7) is 5.33. The van der Waals surface area contributed by atoms with Gasteiger partial charge >= 0.3 is 0 Å². The lowest BCUT2D eigenvalue weighted by atomic mass is 9.88. The molecule has 4 nitrogen and oxygen atoms in total. The predicted octanol–water partition coefficient (Wildman–Crippen LogP) is 1.91. The largest absolute Gasteiger partial charge is 0.497 e. The molecule has 0 spiro atoms. The average Bonchev–Trinajstić information content (AvgIpc) is 2.50. The highest BCUT2D eigenvalue weighted by Crippen LogP contribution is 2.25. The maximum Gasteiger partial charge on any atom is 0.233 e. The number of carbonyl (C=O) groups is 1. The molecule has 1 aliphatic carbocycles. The van der Waals surface area contributed by atoms with E-state index in [0.717, 1.165) is 31.6 Å². The van der Waals surface area contributed by atoms with Crippen molar-refractivity contribution in [1.82, 2.24) is 10.6 Å². The van der Waals surface area contributed by atoms with Gasteiger partial charge < -0.3 is 15.4 Å². The van der Waals surface area contributed by atoms with Crippen molar-refractivity contribution in [3.8, 4) is 5.75 Å². The molecule has 0 saturated carbocycles. The number of methoxy groups -OCH3 is 1. The predicted molar refractivity (Wildman–Crippen MR) is 84.7 cm³/mol. The molecule has 0 saturated heterocycles. The number of fused-ring (bicyclic) bond motifs is 1. The summed E-state index contributed by atoms with van der Waals surface area (Å²) in [5, 5.41) is 6.31. The summed E-state index contributed by atoms with van der Waals surface area (Å²) in [5.74, 6) is 1.48. The Bertz CT molecular complexity index is 486. The molecule has 0 bridgehead atoms. The van der Waals surface area contributed by atoms with Gasteiger partial charge in [-0.1, -0.05) is 19.9 Å². The number of ether oxygens (including phenoxy) is 1. The van der Waals surface area contributed by atoms with E-state index in [1.165, 1.54) is 11.1 Å². The molecule has 0 radical (unpaired) electrons. The quantitative estimate of drug-likeness (QED) is 0.841. The van der Waals surface area contributed by atoms with Crippen LogP contribution in [0.15, 0.2) is 18.2 Å². The van der Waals surface area contributed by atoms with Crippen molar-refractivity contribution in [1.29, 1.82) is 0 Å². The molecule has 0 aromatic heterocycles. The Morgan fingerprint density at radius 3 is 2.90 bits per heavy atom. The Labute approximate surface area is 127 Å². The number of aryl methyl sites for hydroxylation is 1. The minimum atomic E-state index is 0.0835. The summed E-state index contributed by atoms with van der Waals surface area (Å²) >= 11 is 0. The third-order valence-electron chi connectivity index (χ3n) is 3.90. The Morgan fingerprint density at radius 2 is 2.19 bits per heavy atom. The minimum absolute atomic E-state index is 0.0835. The fourth-order valence-corrected chi connectivity index (χ4v) is 2.65. The molecule has 2 rings (SSSR count). The van der Waals surface area contributed by atoms with E-state index in [0.29, 0.717) is 18.5 Å². The van der Waals surface area contributed by atoms with Crippen molar-refractivity contribution in [3.63, 3.8) is 0 Å². The summed E-state index contributed by atoms with van der Waals surface area (Å²) < 4.78 is 5.28. The van der Waals surface area contributed by atoms with Gasteiger partial charge in [0.1, 0.15) is 5.75 Å². The second-order valence-corrected chi connectivity index (χ2v) is 6.15. The van der Waals surface area contributed by atoms with E-state index in [4.69, 9.17) is 4.74 Å². The van der Waals surface area contributed by atoms with Crippen LogP contribution in [0.4, 0.5) is 0 Å². The fourth-order valence-electron chi connectivity index (χ4n) is 2.65. The van der Waals surface area contributed by atoms with Crippen LogP contribution in [0.1, 0.15) is 31.4 Å². The van der Waals surface area contributed by atoms with Gasteiger partial charge in [0.05, 0.1) is 13.7 Å². The smallest absolute Gasteiger partial charge is 0.233 e. The van der Waals surface area contributed by atoms with E-state index in [9.17, 15) is 4.79 Å². The summed E-state index contributed by atoms with van der Waals surface area (Å²) in [6, 6.07) is 6.66. The molecule has 1 aliphatic rings. The first-order chi connectivity index (χ1) is 10.1. The van der Waals surface area contributed by atoms with Gasteiger partial charge in [0.15, 0.2) is 0 Å². The van der Waals surface area contributed by atoms with Crippen molar-refractivity contribution in [2.75, 3.05) is 20.2 Å². The van der Waals surface area contributed by atoms with Crippen LogP contribution in [-0.4, -0.2) is 32.1 Å². The third kappa shape index (κ3) is 4.74. The molecule has 116 valence electrons. The van der Waals surface area contributed by atoms with Crippen LogP contribution in [-0.2, 0) is 17.6 Å². The Hall–Kier alpha value is -1.55. The van der Waals surface area contributed by atoms with E-state index in [1.807, 2.05) is 6.07 Å². The van der Waals surface area contributed by atoms with Crippen molar-refractivity contribution in [3.05, 3.63) is 29.3 Å². The molecule has 1 unspecified atom stereocenters. The van der Waals surface area contributed by atoms with E-state index in [1.54, 1.807) is 7.11 Å². The molecular formula is C17H26N2O2. The summed E-state index contributed by atoms with van der Waals surface area (Å²) in [7, 11) is 1.69. The van der Waals surface area contributed by atoms with Crippen molar-refractivity contribution < 1.29 is 9.53 Å². The Balaban J connectivity index is 1.82. The van der Waals surface area contributed by atoms with Crippen LogP contribution < -0.4 is 15.4 Å². The fraction of sp³-hybridized carbons (Fsp3) is 0.588. The van der Waals surface area contributed by atoms with Gasteiger partial charge in [-0.15, -0.1) is 0 Å². The maximum atomic E-state index is 11.7. The molecule has 0 aliphatic heterocycles. The summed E-state index contributed by atoms with van der Waals surface area (Å²) in [6.07, 6.45) is 3.10. The number of hydrogen-bond acceptors (Lipinski definition) is 3. The van der Waals surface area contributed by atoms with Gasteiger partial charge in [-0.05, 0) is 48.4 Å². The standard InChI is InChI=1S/C17H26N2O2/c1-12(2)10-19-17(20)11-18-15-6-4-13-5-7-16(21-3)9-14(13)8-15/h5,7,9,12,15,18H,4,6,8,10-11H2,1-3H3,(H,19,20). The second-order valence-electron chi connectivity index (χ2n) is 6.15. The second kappa shape index (κ2) is 7.46. The zero-order chi connectivity index (χ0) is 15.2. The molecule has 1 aromatic carbocycles. The molecule has 0 fully saturated rings. The minimum Gasteiger partial charge on any atom is -0.497 e. The van der Waals surface area contributed by atoms with Crippen molar-refractivity contribution >= 4 is 5.91 Å². The lowest BCUT2D eigenvalue weighted by Gasteiger charge is -2.26. The number of carbonyl (C=O) groups excluding carboxylic acids is 1. The van der Waals surface area contributed by atoms with E-state index < -0.39 is 0 Å². The molecule has 1 atom stereocenters. The van der Waals surface area contributed by atoms with Gasteiger partial charge in [0.2, 0.25) is 5.91 Å².